The van der Waals surface area contributed by atoms with E-state index in [1.165, 1.54) is 11.1 Å². The van der Waals surface area contributed by atoms with Crippen LogP contribution in [0.2, 0.25) is 0 Å². The number of likely N-dealkylation sites (tertiary alicyclic amines) is 1. The van der Waals surface area contributed by atoms with Crippen molar-refractivity contribution in [2.45, 2.75) is 57.8 Å². The first-order valence-electron chi connectivity index (χ1n) is 13.1. The molecule has 5 nitrogen and oxygen atoms in total. The third kappa shape index (κ3) is 7.59. The summed E-state index contributed by atoms with van der Waals surface area (Å²) in [4.78, 5) is 14.7. The molecule has 4 rings (SSSR count). The first kappa shape index (κ1) is 25.8. The number of ether oxygens (including phenoxy) is 3. The zero-order valence-corrected chi connectivity index (χ0v) is 21.2. The lowest BCUT2D eigenvalue weighted by atomic mass is 10.0. The van der Waals surface area contributed by atoms with E-state index in [4.69, 9.17) is 14.2 Å². The minimum atomic E-state index is -0.278. The molecule has 5 heteroatoms. The van der Waals surface area contributed by atoms with E-state index in [9.17, 15) is 4.79 Å². The lowest BCUT2D eigenvalue weighted by molar-refractivity contribution is 0.0437. The molecular formula is C31H37NO4. The van der Waals surface area contributed by atoms with Crippen molar-refractivity contribution >= 4 is 6.09 Å². The molecule has 1 amide bonds. The molecule has 1 aliphatic heterocycles. The van der Waals surface area contributed by atoms with Gasteiger partial charge in [0.05, 0.1) is 31.9 Å². The predicted molar refractivity (Wildman–Crippen MR) is 142 cm³/mol. The van der Waals surface area contributed by atoms with Gasteiger partial charge >= 0.3 is 6.09 Å². The van der Waals surface area contributed by atoms with Gasteiger partial charge in [0, 0.05) is 0 Å². The van der Waals surface area contributed by atoms with E-state index < -0.39 is 0 Å². The maximum absolute atomic E-state index is 12.9. The number of hydrogen-bond donors (Lipinski definition) is 0. The fraction of sp³-hybridized carbons (Fsp3) is 0.387. The van der Waals surface area contributed by atoms with Crippen LogP contribution in [0.5, 0.6) is 5.75 Å². The Bertz CT molecular complexity index is 1060. The summed E-state index contributed by atoms with van der Waals surface area (Å²) in [6.45, 7) is 3.98. The van der Waals surface area contributed by atoms with E-state index in [1.807, 2.05) is 42.5 Å². The molecule has 0 aliphatic carbocycles. The fourth-order valence-corrected chi connectivity index (χ4v) is 4.51. The summed E-state index contributed by atoms with van der Waals surface area (Å²) in [7, 11) is 0. The molecule has 3 aromatic carbocycles. The minimum Gasteiger partial charge on any atom is -0.491 e. The molecule has 0 N–H and O–H groups in total. The second-order valence-corrected chi connectivity index (χ2v) is 9.33. The van der Waals surface area contributed by atoms with Crippen LogP contribution in [0.4, 0.5) is 4.79 Å². The van der Waals surface area contributed by atoms with Gasteiger partial charge in [-0.1, -0.05) is 92.2 Å². The largest absolute Gasteiger partial charge is 0.491 e. The van der Waals surface area contributed by atoms with Crippen molar-refractivity contribution in [3.63, 3.8) is 0 Å². The summed E-state index contributed by atoms with van der Waals surface area (Å²) in [6.07, 6.45) is 4.10. The number of aryl methyl sites for hydroxylation is 2. The molecule has 190 valence electrons. The van der Waals surface area contributed by atoms with Gasteiger partial charge in [-0.15, -0.1) is 0 Å². The van der Waals surface area contributed by atoms with Crippen molar-refractivity contribution in [2.75, 3.05) is 19.8 Å². The molecular weight excluding hydrogens is 450 g/mol. The molecule has 0 bridgehead atoms. The van der Waals surface area contributed by atoms with Crippen molar-refractivity contribution < 1.29 is 19.0 Å². The molecule has 0 radical (unpaired) electrons. The molecule has 1 aliphatic rings. The smallest absolute Gasteiger partial charge is 0.410 e. The second-order valence-electron chi connectivity index (χ2n) is 9.33. The quantitative estimate of drug-likeness (QED) is 0.276. The molecule has 2 atom stereocenters. The average Bonchev–Trinajstić information content (AvgIpc) is 3.34. The van der Waals surface area contributed by atoms with Gasteiger partial charge in [-0.25, -0.2) is 4.79 Å². The highest BCUT2D eigenvalue weighted by atomic mass is 16.6. The number of hydrogen-bond acceptors (Lipinski definition) is 4. The Morgan fingerprint density at radius 3 is 2.33 bits per heavy atom. The molecule has 1 saturated heterocycles. The zero-order valence-electron chi connectivity index (χ0n) is 21.2. The van der Waals surface area contributed by atoms with Crippen LogP contribution in [0.25, 0.3) is 0 Å². The summed E-state index contributed by atoms with van der Waals surface area (Å²) >= 11 is 0. The lowest BCUT2D eigenvalue weighted by Crippen LogP contribution is -2.39. The summed E-state index contributed by atoms with van der Waals surface area (Å²) in [5, 5.41) is 0. The van der Waals surface area contributed by atoms with Crippen molar-refractivity contribution in [1.82, 2.24) is 4.90 Å². The Morgan fingerprint density at radius 1 is 0.889 bits per heavy atom. The third-order valence-corrected chi connectivity index (χ3v) is 6.59. The van der Waals surface area contributed by atoms with E-state index >= 15 is 0 Å². The number of carbonyl (C=O) groups is 1. The molecule has 36 heavy (non-hydrogen) atoms. The number of rotatable bonds is 12. The molecule has 3 aromatic rings. The van der Waals surface area contributed by atoms with Crippen molar-refractivity contribution in [1.29, 1.82) is 0 Å². The maximum Gasteiger partial charge on any atom is 0.410 e. The van der Waals surface area contributed by atoms with Gasteiger partial charge in [0.1, 0.15) is 12.4 Å². The number of amides is 1. The van der Waals surface area contributed by atoms with E-state index in [0.29, 0.717) is 26.4 Å². The van der Waals surface area contributed by atoms with E-state index in [2.05, 4.69) is 49.4 Å². The Labute approximate surface area is 215 Å². The van der Waals surface area contributed by atoms with E-state index in [1.54, 1.807) is 4.90 Å². The number of carbonyl (C=O) groups excluding carboxylic acids is 1. The third-order valence-electron chi connectivity index (χ3n) is 6.59. The highest BCUT2D eigenvalue weighted by Crippen LogP contribution is 2.26. The Kier molecular flexibility index (Phi) is 9.80. The molecule has 1 fully saturated rings. The Balaban J connectivity index is 1.37. The molecule has 1 heterocycles. The topological polar surface area (TPSA) is 48.0 Å². The highest BCUT2D eigenvalue weighted by molar-refractivity contribution is 5.68. The number of nitrogens with zero attached hydrogens (tertiary/aromatic N) is 1. The summed E-state index contributed by atoms with van der Waals surface area (Å²) in [5.41, 5.74) is 3.61. The van der Waals surface area contributed by atoms with Crippen LogP contribution >= 0.6 is 0 Å². The van der Waals surface area contributed by atoms with Gasteiger partial charge in [0.15, 0.2) is 0 Å². The van der Waals surface area contributed by atoms with Gasteiger partial charge in [-0.05, 0) is 48.4 Å². The minimum absolute atomic E-state index is 0.0501. The normalized spacial score (nSPS) is 17.2. The van der Waals surface area contributed by atoms with Crippen molar-refractivity contribution in [3.8, 4) is 5.75 Å². The highest BCUT2D eigenvalue weighted by Gasteiger charge is 2.37. The van der Waals surface area contributed by atoms with Gasteiger partial charge in [-0.2, -0.15) is 0 Å². The summed E-state index contributed by atoms with van der Waals surface area (Å²) < 4.78 is 18.1. The molecule has 0 saturated carbocycles. The van der Waals surface area contributed by atoms with Crippen LogP contribution in [0, 0.1) is 0 Å². The molecule has 0 spiro atoms. The predicted octanol–water partition coefficient (Wildman–Crippen LogP) is 6.45. The van der Waals surface area contributed by atoms with Crippen LogP contribution in [0.1, 0.15) is 42.9 Å². The van der Waals surface area contributed by atoms with Crippen LogP contribution in [0.3, 0.4) is 0 Å². The number of benzene rings is 3. The first-order chi connectivity index (χ1) is 17.7. The Morgan fingerprint density at radius 2 is 1.58 bits per heavy atom. The van der Waals surface area contributed by atoms with Crippen LogP contribution in [-0.4, -0.2) is 42.9 Å². The molecule has 0 aromatic heterocycles. The summed E-state index contributed by atoms with van der Waals surface area (Å²) in [6, 6.07) is 28.7. The van der Waals surface area contributed by atoms with Crippen molar-refractivity contribution in [3.05, 3.63) is 102 Å². The van der Waals surface area contributed by atoms with Gasteiger partial charge < -0.3 is 14.2 Å². The van der Waals surface area contributed by atoms with Crippen molar-refractivity contribution in [2.24, 2.45) is 0 Å². The SMILES string of the molecule is CCCCOC(=O)N1C[C@H](OCc2ccccc2)CC1COc1ccccc1CCc1ccccc1. The summed E-state index contributed by atoms with van der Waals surface area (Å²) in [5.74, 6) is 0.876. The second kappa shape index (κ2) is 13.7. The Hall–Kier alpha value is -3.31. The zero-order chi connectivity index (χ0) is 25.0. The van der Waals surface area contributed by atoms with E-state index in [0.717, 1.165) is 43.4 Å². The lowest BCUT2D eigenvalue weighted by Gasteiger charge is -2.24. The van der Waals surface area contributed by atoms with Gasteiger partial charge in [-0.3, -0.25) is 4.90 Å². The molecule has 1 unspecified atom stereocenters. The van der Waals surface area contributed by atoms with Crippen LogP contribution in [-0.2, 0) is 28.9 Å². The monoisotopic (exact) mass is 487 g/mol. The standard InChI is InChI=1S/C31H37NO4/c1-2-3-20-34-31(33)32-22-29(35-23-26-14-8-5-9-15-26)21-28(32)24-36-30-17-11-10-16-27(30)19-18-25-12-6-4-7-13-25/h4-17,28-29H,2-3,18-24H2,1H3/t28?,29-/m1/s1. The maximum atomic E-state index is 12.9. The number of unbranched alkanes of at least 4 members (excludes halogenated alkanes) is 1. The van der Waals surface area contributed by atoms with Gasteiger partial charge in [0.25, 0.3) is 0 Å². The number of para-hydroxylation sites is 1. The van der Waals surface area contributed by atoms with E-state index in [-0.39, 0.29) is 18.2 Å². The van der Waals surface area contributed by atoms with Crippen LogP contribution < -0.4 is 4.74 Å². The van der Waals surface area contributed by atoms with Gasteiger partial charge in [0.2, 0.25) is 0 Å². The average molecular weight is 488 g/mol. The first-order valence-corrected chi connectivity index (χ1v) is 13.1. The fourth-order valence-electron chi connectivity index (χ4n) is 4.51. The van der Waals surface area contributed by atoms with Crippen LogP contribution in [0.15, 0.2) is 84.9 Å².